The molecular weight excluding hydrogens is 360 g/mol. The lowest BCUT2D eigenvalue weighted by Gasteiger charge is -2.13. The number of nitriles is 1. The van der Waals surface area contributed by atoms with E-state index in [0.29, 0.717) is 6.61 Å². The first-order valence-electron chi connectivity index (χ1n) is 9.40. The lowest BCUT2D eigenvalue weighted by atomic mass is 10.1. The molecule has 1 atom stereocenters. The fourth-order valence-electron chi connectivity index (χ4n) is 2.82. The Balaban J connectivity index is 1.62. The summed E-state index contributed by atoms with van der Waals surface area (Å²) >= 11 is 0. The van der Waals surface area contributed by atoms with Crippen molar-refractivity contribution in [3.63, 3.8) is 0 Å². The standard InChI is InChI=1S/C25H22N2O2/c1-19(22-10-6-3-7-11-22)27-25(28)23(17-26)16-20-12-14-24(15-13-20)29-18-21-8-4-2-5-9-21/h2-16,19H,18H2,1H3,(H,27,28)/b23-16+/t19-/m0/s1. The lowest BCUT2D eigenvalue weighted by Crippen LogP contribution is -2.27. The summed E-state index contributed by atoms with van der Waals surface area (Å²) in [4.78, 5) is 12.5. The summed E-state index contributed by atoms with van der Waals surface area (Å²) in [6.45, 7) is 2.38. The van der Waals surface area contributed by atoms with Gasteiger partial charge in [-0.3, -0.25) is 4.79 Å². The van der Waals surface area contributed by atoms with Gasteiger partial charge < -0.3 is 10.1 Å². The van der Waals surface area contributed by atoms with Crippen LogP contribution in [0, 0.1) is 11.3 Å². The Morgan fingerprint density at radius 2 is 1.62 bits per heavy atom. The van der Waals surface area contributed by atoms with Crippen LogP contribution in [0.1, 0.15) is 29.7 Å². The number of nitrogens with one attached hydrogen (secondary N) is 1. The first-order valence-corrected chi connectivity index (χ1v) is 9.40. The van der Waals surface area contributed by atoms with Crippen molar-refractivity contribution in [3.05, 3.63) is 107 Å². The molecule has 0 aliphatic carbocycles. The first kappa shape index (κ1) is 19.9. The van der Waals surface area contributed by atoms with E-state index in [0.717, 1.165) is 22.4 Å². The topological polar surface area (TPSA) is 62.1 Å². The molecule has 3 aromatic carbocycles. The number of nitrogens with zero attached hydrogens (tertiary/aromatic N) is 1. The van der Waals surface area contributed by atoms with Crippen LogP contribution in [0.3, 0.4) is 0 Å². The number of ether oxygens (including phenoxy) is 1. The van der Waals surface area contributed by atoms with Crippen molar-refractivity contribution in [2.75, 3.05) is 0 Å². The molecule has 0 aromatic heterocycles. The fourth-order valence-corrected chi connectivity index (χ4v) is 2.82. The highest BCUT2D eigenvalue weighted by atomic mass is 16.5. The van der Waals surface area contributed by atoms with E-state index in [-0.39, 0.29) is 11.6 Å². The first-order chi connectivity index (χ1) is 14.2. The summed E-state index contributed by atoms with van der Waals surface area (Å²) in [6.07, 6.45) is 1.58. The third-order valence-electron chi connectivity index (χ3n) is 4.45. The molecule has 0 saturated carbocycles. The van der Waals surface area contributed by atoms with Crippen molar-refractivity contribution < 1.29 is 9.53 Å². The van der Waals surface area contributed by atoms with E-state index >= 15 is 0 Å². The van der Waals surface area contributed by atoms with Crippen molar-refractivity contribution in [1.29, 1.82) is 5.26 Å². The molecule has 1 amide bonds. The third kappa shape index (κ3) is 5.82. The fraction of sp³-hybridized carbons (Fsp3) is 0.120. The monoisotopic (exact) mass is 382 g/mol. The number of hydrogen-bond donors (Lipinski definition) is 1. The van der Waals surface area contributed by atoms with Crippen LogP contribution in [0.5, 0.6) is 5.75 Å². The highest BCUT2D eigenvalue weighted by Gasteiger charge is 2.13. The molecule has 0 aliphatic heterocycles. The molecule has 0 unspecified atom stereocenters. The number of carbonyl (C=O) groups excluding carboxylic acids is 1. The van der Waals surface area contributed by atoms with E-state index in [1.54, 1.807) is 6.08 Å². The number of rotatable bonds is 7. The van der Waals surface area contributed by atoms with Gasteiger partial charge in [-0.15, -0.1) is 0 Å². The molecule has 29 heavy (non-hydrogen) atoms. The smallest absolute Gasteiger partial charge is 0.262 e. The highest BCUT2D eigenvalue weighted by molar-refractivity contribution is 6.01. The van der Waals surface area contributed by atoms with Crippen LogP contribution in [0.25, 0.3) is 6.08 Å². The van der Waals surface area contributed by atoms with Gasteiger partial charge in [0.2, 0.25) is 0 Å². The van der Waals surface area contributed by atoms with Crippen molar-refractivity contribution in [3.8, 4) is 11.8 Å². The average molecular weight is 382 g/mol. The van der Waals surface area contributed by atoms with Gasteiger partial charge in [-0.25, -0.2) is 0 Å². The Labute approximate surface area is 171 Å². The molecular formula is C25H22N2O2. The Morgan fingerprint density at radius 1 is 1.00 bits per heavy atom. The van der Waals surface area contributed by atoms with Crippen molar-refractivity contribution >= 4 is 12.0 Å². The van der Waals surface area contributed by atoms with Crippen LogP contribution < -0.4 is 10.1 Å². The van der Waals surface area contributed by atoms with E-state index in [4.69, 9.17) is 4.74 Å². The summed E-state index contributed by atoms with van der Waals surface area (Å²) < 4.78 is 5.76. The second-order valence-electron chi connectivity index (χ2n) is 6.62. The van der Waals surface area contributed by atoms with Crippen LogP contribution in [-0.4, -0.2) is 5.91 Å². The van der Waals surface area contributed by atoms with Crippen LogP contribution in [0.15, 0.2) is 90.5 Å². The average Bonchev–Trinajstić information content (AvgIpc) is 2.78. The molecule has 0 spiro atoms. The predicted octanol–water partition coefficient (Wildman–Crippen LogP) is 5.05. The van der Waals surface area contributed by atoms with E-state index in [1.165, 1.54) is 0 Å². The number of carbonyl (C=O) groups is 1. The van der Waals surface area contributed by atoms with Gasteiger partial charge in [-0.05, 0) is 41.8 Å². The van der Waals surface area contributed by atoms with Crippen molar-refractivity contribution in [2.24, 2.45) is 0 Å². The van der Waals surface area contributed by atoms with E-state index in [9.17, 15) is 10.1 Å². The van der Waals surface area contributed by atoms with E-state index in [2.05, 4.69) is 5.32 Å². The van der Waals surface area contributed by atoms with Gasteiger partial charge in [0.25, 0.3) is 5.91 Å². The molecule has 3 rings (SSSR count). The number of benzene rings is 3. The maximum Gasteiger partial charge on any atom is 0.262 e. The summed E-state index contributed by atoms with van der Waals surface area (Å²) in [6, 6.07) is 28.7. The molecule has 0 radical (unpaired) electrons. The molecule has 0 bridgehead atoms. The largest absolute Gasteiger partial charge is 0.489 e. The van der Waals surface area contributed by atoms with E-state index in [1.807, 2.05) is 97.9 Å². The highest BCUT2D eigenvalue weighted by Crippen LogP contribution is 2.17. The van der Waals surface area contributed by atoms with Crippen LogP contribution in [0.2, 0.25) is 0 Å². The molecule has 4 heteroatoms. The van der Waals surface area contributed by atoms with Crippen LogP contribution in [0.4, 0.5) is 0 Å². The zero-order valence-electron chi connectivity index (χ0n) is 16.2. The SMILES string of the molecule is C[C@H](NC(=O)/C(C#N)=C/c1ccc(OCc2ccccc2)cc1)c1ccccc1. The maximum absolute atomic E-state index is 12.5. The Hall–Kier alpha value is -3.84. The maximum atomic E-state index is 12.5. The number of hydrogen-bond acceptors (Lipinski definition) is 3. The van der Waals surface area contributed by atoms with Gasteiger partial charge >= 0.3 is 0 Å². The summed E-state index contributed by atoms with van der Waals surface area (Å²) in [5.41, 5.74) is 2.90. The molecule has 0 heterocycles. The minimum Gasteiger partial charge on any atom is -0.489 e. The lowest BCUT2D eigenvalue weighted by molar-refractivity contribution is -0.117. The predicted molar refractivity (Wildman–Crippen MR) is 114 cm³/mol. The molecule has 144 valence electrons. The third-order valence-corrected chi connectivity index (χ3v) is 4.45. The zero-order chi connectivity index (χ0) is 20.5. The normalized spacial score (nSPS) is 11.9. The quantitative estimate of drug-likeness (QED) is 0.459. The Morgan fingerprint density at radius 3 is 2.24 bits per heavy atom. The molecule has 4 nitrogen and oxygen atoms in total. The van der Waals surface area contributed by atoms with Crippen molar-refractivity contribution in [2.45, 2.75) is 19.6 Å². The Bertz CT molecular complexity index is 1000. The molecule has 0 aliphatic rings. The van der Waals surface area contributed by atoms with Gasteiger partial charge in [-0.2, -0.15) is 5.26 Å². The van der Waals surface area contributed by atoms with Gasteiger partial charge in [0.05, 0.1) is 6.04 Å². The molecule has 1 N–H and O–H groups in total. The van der Waals surface area contributed by atoms with E-state index < -0.39 is 5.91 Å². The summed E-state index contributed by atoms with van der Waals surface area (Å²) in [7, 11) is 0. The second kappa shape index (κ2) is 9.91. The van der Waals surface area contributed by atoms with Gasteiger partial charge in [0.15, 0.2) is 0 Å². The van der Waals surface area contributed by atoms with Crippen LogP contribution in [-0.2, 0) is 11.4 Å². The molecule has 0 fully saturated rings. The van der Waals surface area contributed by atoms with Gasteiger partial charge in [0.1, 0.15) is 24.0 Å². The minimum absolute atomic E-state index is 0.0609. The number of amides is 1. The zero-order valence-corrected chi connectivity index (χ0v) is 16.2. The second-order valence-corrected chi connectivity index (χ2v) is 6.62. The summed E-state index contributed by atoms with van der Waals surface area (Å²) in [5.74, 6) is 0.333. The Kier molecular flexibility index (Phi) is 6.80. The summed E-state index contributed by atoms with van der Waals surface area (Å²) in [5, 5.41) is 12.3. The molecule has 3 aromatic rings. The van der Waals surface area contributed by atoms with Crippen molar-refractivity contribution in [1.82, 2.24) is 5.32 Å². The minimum atomic E-state index is -0.395. The molecule has 0 saturated heterocycles. The van der Waals surface area contributed by atoms with Gasteiger partial charge in [-0.1, -0.05) is 72.8 Å². The van der Waals surface area contributed by atoms with Crippen LogP contribution >= 0.6 is 0 Å². The van der Waals surface area contributed by atoms with Gasteiger partial charge in [0, 0.05) is 0 Å².